The van der Waals surface area contributed by atoms with Gasteiger partial charge in [-0.25, -0.2) is 9.07 Å². The first-order chi connectivity index (χ1) is 15.5. The lowest BCUT2D eigenvalue weighted by Crippen LogP contribution is -2.23. The Morgan fingerprint density at radius 2 is 2.00 bits per heavy atom. The molecule has 4 rings (SSSR count). The van der Waals surface area contributed by atoms with Gasteiger partial charge in [0.15, 0.2) is 11.6 Å². The average molecular weight is 437 g/mol. The van der Waals surface area contributed by atoms with Crippen molar-refractivity contribution in [1.82, 2.24) is 20.0 Å². The maximum Gasteiger partial charge on any atom is 0.217 e. The van der Waals surface area contributed by atoms with Crippen LogP contribution in [0.25, 0.3) is 5.69 Å². The molecule has 1 N–H and O–H groups in total. The molecule has 1 fully saturated rings. The number of carbonyl (C=O) groups excluding carboxylic acids is 1. The summed E-state index contributed by atoms with van der Waals surface area (Å²) < 4.78 is 21.8. The van der Waals surface area contributed by atoms with E-state index < -0.39 is 0 Å². The van der Waals surface area contributed by atoms with Crippen LogP contribution in [0.2, 0.25) is 0 Å². The van der Waals surface area contributed by atoms with Gasteiger partial charge >= 0.3 is 0 Å². The highest BCUT2D eigenvalue weighted by Crippen LogP contribution is 2.33. The number of benzene rings is 2. The number of methoxy groups -OCH3 is 1. The minimum absolute atomic E-state index is 0.0689. The number of aryl methyl sites for hydroxylation is 1. The van der Waals surface area contributed by atoms with Gasteiger partial charge in [0, 0.05) is 43.6 Å². The number of likely N-dealkylation sites (tertiary alicyclic amines) is 1. The molecule has 0 saturated carbocycles. The van der Waals surface area contributed by atoms with Gasteiger partial charge in [-0.1, -0.05) is 29.8 Å². The Bertz CT molecular complexity index is 1090. The van der Waals surface area contributed by atoms with Crippen LogP contribution in [-0.4, -0.2) is 40.8 Å². The summed E-state index contributed by atoms with van der Waals surface area (Å²) in [4.78, 5) is 13.8. The predicted octanol–water partition coefficient (Wildman–Crippen LogP) is 3.95. The van der Waals surface area contributed by atoms with Gasteiger partial charge in [-0.3, -0.25) is 9.69 Å². The number of aromatic nitrogens is 2. The van der Waals surface area contributed by atoms with Crippen molar-refractivity contribution >= 4 is 5.91 Å². The molecule has 2 aromatic carbocycles. The molecule has 168 valence electrons. The molecule has 3 aromatic rings. The molecule has 0 spiro atoms. The highest BCUT2D eigenvalue weighted by molar-refractivity contribution is 5.72. The Morgan fingerprint density at radius 3 is 2.72 bits per heavy atom. The highest BCUT2D eigenvalue weighted by atomic mass is 19.1. The van der Waals surface area contributed by atoms with E-state index >= 15 is 0 Å². The summed E-state index contributed by atoms with van der Waals surface area (Å²) in [6.45, 7) is 6.20. The molecule has 6 nitrogen and oxygen atoms in total. The van der Waals surface area contributed by atoms with Gasteiger partial charge < -0.3 is 10.1 Å². The largest absolute Gasteiger partial charge is 0.494 e. The van der Waals surface area contributed by atoms with Crippen LogP contribution in [0, 0.1) is 12.7 Å². The summed E-state index contributed by atoms with van der Waals surface area (Å²) >= 11 is 0. The van der Waals surface area contributed by atoms with Crippen molar-refractivity contribution in [3.63, 3.8) is 0 Å². The Labute approximate surface area is 188 Å². The summed E-state index contributed by atoms with van der Waals surface area (Å²) in [5.41, 5.74) is 4.94. The van der Waals surface area contributed by atoms with E-state index in [4.69, 9.17) is 4.74 Å². The second-order valence-electron chi connectivity index (χ2n) is 8.37. The summed E-state index contributed by atoms with van der Waals surface area (Å²) in [7, 11) is 1.48. The number of nitrogens with one attached hydrogen (secondary N) is 1. The third kappa shape index (κ3) is 4.67. The minimum Gasteiger partial charge on any atom is -0.494 e. The molecule has 0 bridgehead atoms. The molecule has 2 heterocycles. The number of halogens is 1. The Kier molecular flexibility index (Phi) is 6.55. The predicted molar refractivity (Wildman–Crippen MR) is 121 cm³/mol. The van der Waals surface area contributed by atoms with E-state index in [1.807, 2.05) is 23.0 Å². The van der Waals surface area contributed by atoms with Crippen molar-refractivity contribution in [2.75, 3.05) is 20.2 Å². The zero-order valence-corrected chi connectivity index (χ0v) is 18.8. The molecule has 1 saturated heterocycles. The summed E-state index contributed by atoms with van der Waals surface area (Å²) in [6, 6.07) is 13.5. The van der Waals surface area contributed by atoms with Crippen molar-refractivity contribution in [3.8, 4) is 11.4 Å². The number of carbonyl (C=O) groups is 1. The standard InChI is InChI=1S/C25H29FN4O2/c1-17-7-9-22(10-8-17)30-25(21(14-28-30)13-27-18(2)31)20-11-12-29(16-20)15-19-5-4-6-23(32-3)24(19)26/h4-10,14,20H,11-13,15-16H2,1-3H3,(H,27,31)/t20-/m0/s1. The maximum atomic E-state index is 14.6. The zero-order valence-electron chi connectivity index (χ0n) is 18.8. The molecular formula is C25H29FN4O2. The third-order valence-corrected chi connectivity index (χ3v) is 6.01. The monoisotopic (exact) mass is 436 g/mol. The average Bonchev–Trinajstić information content (AvgIpc) is 3.41. The molecule has 0 radical (unpaired) electrons. The van der Waals surface area contributed by atoms with Gasteiger partial charge in [0.25, 0.3) is 0 Å². The van der Waals surface area contributed by atoms with Crippen molar-refractivity contribution in [2.24, 2.45) is 0 Å². The normalized spacial score (nSPS) is 16.3. The second-order valence-corrected chi connectivity index (χ2v) is 8.37. The molecule has 1 aliphatic rings. The number of hydrogen-bond acceptors (Lipinski definition) is 4. The van der Waals surface area contributed by atoms with Crippen molar-refractivity contribution in [1.29, 1.82) is 0 Å². The fourth-order valence-electron chi connectivity index (χ4n) is 4.35. The SMILES string of the molecule is COc1cccc(CN2CC[C@H](c3c(CNC(C)=O)cnn3-c3ccc(C)cc3)C2)c1F. The first-order valence-electron chi connectivity index (χ1n) is 10.9. The van der Waals surface area contributed by atoms with Crippen LogP contribution in [0.5, 0.6) is 5.75 Å². The Balaban J connectivity index is 1.59. The van der Waals surface area contributed by atoms with Crippen LogP contribution >= 0.6 is 0 Å². The van der Waals surface area contributed by atoms with Crippen LogP contribution < -0.4 is 10.1 Å². The van der Waals surface area contributed by atoms with Crippen molar-refractivity contribution in [2.45, 2.75) is 39.3 Å². The lowest BCUT2D eigenvalue weighted by atomic mass is 10.00. The number of amides is 1. The Hall–Kier alpha value is -3.19. The van der Waals surface area contributed by atoms with Crippen molar-refractivity contribution < 1.29 is 13.9 Å². The van der Waals surface area contributed by atoms with E-state index in [0.717, 1.165) is 36.5 Å². The Morgan fingerprint density at radius 1 is 1.22 bits per heavy atom. The molecule has 1 amide bonds. The van der Waals surface area contributed by atoms with E-state index in [-0.39, 0.29) is 23.4 Å². The minimum atomic E-state index is -0.297. The molecule has 7 heteroatoms. The van der Waals surface area contributed by atoms with E-state index in [9.17, 15) is 9.18 Å². The van der Waals surface area contributed by atoms with Crippen LogP contribution in [0.15, 0.2) is 48.7 Å². The molecule has 1 atom stereocenters. The smallest absolute Gasteiger partial charge is 0.217 e. The number of ether oxygens (including phenoxy) is 1. The molecular weight excluding hydrogens is 407 g/mol. The first-order valence-corrected chi connectivity index (χ1v) is 10.9. The fraction of sp³-hybridized carbons (Fsp3) is 0.360. The van der Waals surface area contributed by atoms with E-state index in [0.29, 0.717) is 18.7 Å². The first kappa shape index (κ1) is 22.0. The van der Waals surface area contributed by atoms with Crippen molar-refractivity contribution in [3.05, 3.63) is 76.9 Å². The summed E-state index contributed by atoms with van der Waals surface area (Å²) in [6.07, 6.45) is 2.78. The summed E-state index contributed by atoms with van der Waals surface area (Å²) in [5, 5.41) is 7.56. The van der Waals surface area contributed by atoms with E-state index in [2.05, 4.69) is 46.5 Å². The van der Waals surface area contributed by atoms with Crippen LogP contribution in [0.4, 0.5) is 4.39 Å². The molecule has 1 aromatic heterocycles. The fourth-order valence-corrected chi connectivity index (χ4v) is 4.35. The van der Waals surface area contributed by atoms with Crippen LogP contribution in [0.1, 0.15) is 41.6 Å². The van der Waals surface area contributed by atoms with E-state index in [1.165, 1.54) is 19.6 Å². The molecule has 32 heavy (non-hydrogen) atoms. The zero-order chi connectivity index (χ0) is 22.7. The summed E-state index contributed by atoms with van der Waals surface area (Å²) in [5.74, 6) is 0.139. The maximum absolute atomic E-state index is 14.6. The molecule has 0 unspecified atom stereocenters. The quantitative estimate of drug-likeness (QED) is 0.609. The van der Waals surface area contributed by atoms with Gasteiger partial charge in [-0.15, -0.1) is 0 Å². The van der Waals surface area contributed by atoms with Gasteiger partial charge in [0.2, 0.25) is 5.91 Å². The lowest BCUT2D eigenvalue weighted by Gasteiger charge is -2.19. The molecule has 1 aliphatic heterocycles. The number of nitrogens with zero attached hydrogens (tertiary/aromatic N) is 3. The number of rotatable bonds is 7. The van der Waals surface area contributed by atoms with Crippen LogP contribution in [0.3, 0.4) is 0 Å². The topological polar surface area (TPSA) is 59.4 Å². The molecule has 0 aliphatic carbocycles. The van der Waals surface area contributed by atoms with Crippen LogP contribution in [-0.2, 0) is 17.9 Å². The van der Waals surface area contributed by atoms with Gasteiger partial charge in [0.1, 0.15) is 0 Å². The van der Waals surface area contributed by atoms with E-state index in [1.54, 1.807) is 6.07 Å². The number of hydrogen-bond donors (Lipinski definition) is 1. The van der Waals surface area contributed by atoms with Gasteiger partial charge in [-0.05, 0) is 38.1 Å². The van der Waals surface area contributed by atoms with Gasteiger partial charge in [0.05, 0.1) is 24.7 Å². The highest BCUT2D eigenvalue weighted by Gasteiger charge is 2.30. The second kappa shape index (κ2) is 9.53. The third-order valence-electron chi connectivity index (χ3n) is 6.01. The lowest BCUT2D eigenvalue weighted by molar-refractivity contribution is -0.119. The van der Waals surface area contributed by atoms with Gasteiger partial charge in [-0.2, -0.15) is 5.10 Å².